The summed E-state index contributed by atoms with van der Waals surface area (Å²) in [6.07, 6.45) is -4.90. The predicted molar refractivity (Wildman–Crippen MR) is 136 cm³/mol. The lowest BCUT2D eigenvalue weighted by atomic mass is 9.95. The first-order valence-electron chi connectivity index (χ1n) is 11.6. The van der Waals surface area contributed by atoms with Gasteiger partial charge in [-0.2, -0.15) is 18.2 Å². The van der Waals surface area contributed by atoms with Crippen molar-refractivity contribution < 1.29 is 36.0 Å². The van der Waals surface area contributed by atoms with Gasteiger partial charge in [-0.05, 0) is 62.4 Å². The molecule has 0 fully saturated rings. The third-order valence-corrected chi connectivity index (χ3v) is 6.62. The van der Waals surface area contributed by atoms with Crippen molar-refractivity contribution in [2.45, 2.75) is 26.1 Å². The summed E-state index contributed by atoms with van der Waals surface area (Å²) in [6.45, 7) is 3.41. The zero-order valence-corrected chi connectivity index (χ0v) is 21.4. The van der Waals surface area contributed by atoms with Crippen LogP contribution >= 0.6 is 11.6 Å². The molecule has 40 heavy (non-hydrogen) atoms. The van der Waals surface area contributed by atoms with Gasteiger partial charge in [0.1, 0.15) is 17.4 Å². The molecule has 13 heteroatoms. The van der Waals surface area contributed by atoms with Crippen molar-refractivity contribution in [3.05, 3.63) is 104 Å². The van der Waals surface area contributed by atoms with Gasteiger partial charge in [0.15, 0.2) is 0 Å². The summed E-state index contributed by atoms with van der Waals surface area (Å²) in [7, 11) is 0. The quantitative estimate of drug-likeness (QED) is 0.221. The Labute approximate surface area is 228 Å². The van der Waals surface area contributed by atoms with Crippen LogP contribution in [0.15, 0.2) is 52.9 Å². The molecule has 0 aliphatic carbocycles. The van der Waals surface area contributed by atoms with E-state index in [1.165, 1.54) is 18.2 Å². The summed E-state index contributed by atoms with van der Waals surface area (Å²) in [5.74, 6) is -3.06. The van der Waals surface area contributed by atoms with E-state index in [4.69, 9.17) is 16.0 Å². The molecule has 0 spiro atoms. The largest absolute Gasteiger partial charge is 0.429 e. The number of hydrogen-bond acceptors (Lipinski definition) is 5. The fourth-order valence-corrected chi connectivity index (χ4v) is 4.53. The standard InChI is InChI=1S/C27H18ClF5N4O3/c1-11-12(2)40-26(34-11)35-17-9-19-22(23(37-25(19)39)18-8-15(29)3-4-20(18)28)21(10-17)36-24(38)13-5-14(27(31,32)33)7-16(30)6-13/h3-10,23H,1-2H3,(H,34,35)(H,36,38)(H,37,39). The van der Waals surface area contributed by atoms with Crippen LogP contribution in [-0.2, 0) is 6.18 Å². The lowest BCUT2D eigenvalue weighted by Gasteiger charge is -2.19. The number of nitrogens with one attached hydrogen (secondary N) is 3. The second kappa shape index (κ2) is 9.94. The summed E-state index contributed by atoms with van der Waals surface area (Å²) >= 11 is 6.29. The van der Waals surface area contributed by atoms with Crippen molar-refractivity contribution in [3.63, 3.8) is 0 Å². The van der Waals surface area contributed by atoms with E-state index < -0.39 is 46.8 Å². The van der Waals surface area contributed by atoms with Crippen LogP contribution in [0.3, 0.4) is 0 Å². The van der Waals surface area contributed by atoms with Crippen LogP contribution in [0.5, 0.6) is 0 Å². The number of hydrogen-bond donors (Lipinski definition) is 3. The van der Waals surface area contributed by atoms with Gasteiger partial charge in [-0.1, -0.05) is 11.6 Å². The number of halogens is 6. The number of rotatable bonds is 5. The Balaban J connectivity index is 1.62. The van der Waals surface area contributed by atoms with Gasteiger partial charge in [-0.25, -0.2) is 8.78 Å². The Bertz CT molecular complexity index is 1670. The topological polar surface area (TPSA) is 96.3 Å². The van der Waals surface area contributed by atoms with Crippen LogP contribution < -0.4 is 16.0 Å². The molecule has 1 aromatic heterocycles. The minimum atomic E-state index is -4.90. The van der Waals surface area contributed by atoms with Gasteiger partial charge in [0, 0.05) is 38.7 Å². The van der Waals surface area contributed by atoms with E-state index >= 15 is 0 Å². The molecule has 3 aromatic carbocycles. The van der Waals surface area contributed by atoms with E-state index in [2.05, 4.69) is 20.9 Å². The molecule has 2 heterocycles. The molecule has 0 radical (unpaired) electrons. The Morgan fingerprint density at radius 2 is 1.80 bits per heavy atom. The fourth-order valence-electron chi connectivity index (χ4n) is 4.31. The molecule has 5 rings (SSSR count). The van der Waals surface area contributed by atoms with Crippen LogP contribution in [0.25, 0.3) is 0 Å². The fraction of sp³-hybridized carbons (Fsp3) is 0.148. The van der Waals surface area contributed by atoms with Crippen molar-refractivity contribution in [3.8, 4) is 0 Å². The van der Waals surface area contributed by atoms with Gasteiger partial charge in [-0.3, -0.25) is 9.59 Å². The number of oxazole rings is 1. The molecule has 0 saturated carbocycles. The van der Waals surface area contributed by atoms with E-state index in [1.54, 1.807) is 13.8 Å². The molecular weight excluding hydrogens is 559 g/mol. The molecule has 2 amide bonds. The second-order valence-electron chi connectivity index (χ2n) is 9.02. The lowest BCUT2D eigenvalue weighted by molar-refractivity contribution is -0.137. The lowest BCUT2D eigenvalue weighted by Crippen LogP contribution is -2.21. The van der Waals surface area contributed by atoms with Gasteiger partial charge in [-0.15, -0.1) is 0 Å². The second-order valence-corrected chi connectivity index (χ2v) is 9.43. The minimum Gasteiger partial charge on any atom is -0.429 e. The van der Waals surface area contributed by atoms with Crippen molar-refractivity contribution in [2.24, 2.45) is 0 Å². The van der Waals surface area contributed by atoms with Crippen molar-refractivity contribution in [2.75, 3.05) is 10.6 Å². The molecule has 1 unspecified atom stereocenters. The highest BCUT2D eigenvalue weighted by atomic mass is 35.5. The van der Waals surface area contributed by atoms with Crippen LogP contribution in [-0.4, -0.2) is 16.8 Å². The molecule has 0 bridgehead atoms. The zero-order valence-electron chi connectivity index (χ0n) is 20.6. The minimum absolute atomic E-state index is 0.0357. The van der Waals surface area contributed by atoms with E-state index in [9.17, 15) is 31.5 Å². The van der Waals surface area contributed by atoms with Gasteiger partial charge < -0.3 is 20.4 Å². The number of nitrogens with zero attached hydrogens (tertiary/aromatic N) is 1. The normalized spacial score (nSPS) is 14.6. The number of amides is 2. The van der Waals surface area contributed by atoms with Crippen LogP contribution in [0.4, 0.5) is 39.3 Å². The summed E-state index contributed by atoms with van der Waals surface area (Å²) in [6, 6.07) is 6.83. The number of carbonyl (C=O) groups is 2. The van der Waals surface area contributed by atoms with Crippen LogP contribution in [0.1, 0.15) is 54.9 Å². The number of carbonyl (C=O) groups excluding carboxylic acids is 2. The molecule has 1 aliphatic heterocycles. The number of aromatic nitrogens is 1. The SMILES string of the molecule is Cc1nc(Nc2cc(NC(=O)c3cc(F)cc(C(F)(F)F)c3)c3c(c2)C(=O)NC3c2cc(F)ccc2Cl)oc1C. The number of alkyl halides is 3. The maximum absolute atomic E-state index is 14.1. The number of anilines is 3. The smallest absolute Gasteiger partial charge is 0.416 e. The molecule has 1 aliphatic rings. The van der Waals surface area contributed by atoms with Crippen LogP contribution in [0.2, 0.25) is 5.02 Å². The third kappa shape index (κ3) is 5.22. The Morgan fingerprint density at radius 3 is 2.48 bits per heavy atom. The molecule has 0 saturated heterocycles. The monoisotopic (exact) mass is 576 g/mol. The summed E-state index contributed by atoms with van der Waals surface area (Å²) < 4.78 is 73.4. The van der Waals surface area contributed by atoms with E-state index in [-0.39, 0.29) is 45.2 Å². The van der Waals surface area contributed by atoms with Gasteiger partial charge in [0.2, 0.25) is 0 Å². The first kappa shape index (κ1) is 27.1. The van der Waals surface area contributed by atoms with Crippen molar-refractivity contribution >= 4 is 40.8 Å². The Kier molecular flexibility index (Phi) is 6.74. The molecule has 7 nitrogen and oxygen atoms in total. The Hall–Kier alpha value is -4.45. The predicted octanol–water partition coefficient (Wildman–Crippen LogP) is 7.07. The Morgan fingerprint density at radius 1 is 1.05 bits per heavy atom. The average molecular weight is 577 g/mol. The van der Waals surface area contributed by atoms with Gasteiger partial charge in [0.25, 0.3) is 17.8 Å². The summed E-state index contributed by atoms with van der Waals surface area (Å²) in [4.78, 5) is 30.3. The van der Waals surface area contributed by atoms with Gasteiger partial charge in [0.05, 0.1) is 17.3 Å². The highest BCUT2D eigenvalue weighted by molar-refractivity contribution is 6.31. The highest BCUT2D eigenvalue weighted by Crippen LogP contribution is 2.41. The van der Waals surface area contributed by atoms with Gasteiger partial charge >= 0.3 is 6.18 Å². The maximum atomic E-state index is 14.1. The van der Waals surface area contributed by atoms with Crippen molar-refractivity contribution in [1.29, 1.82) is 0 Å². The maximum Gasteiger partial charge on any atom is 0.416 e. The molecular formula is C27H18ClF5N4O3. The van der Waals surface area contributed by atoms with Crippen LogP contribution in [0, 0.1) is 25.5 Å². The highest BCUT2D eigenvalue weighted by Gasteiger charge is 2.36. The van der Waals surface area contributed by atoms with E-state index in [0.29, 0.717) is 23.6 Å². The molecule has 206 valence electrons. The zero-order chi connectivity index (χ0) is 28.9. The molecule has 3 N–H and O–H groups in total. The number of aryl methyl sites for hydroxylation is 2. The number of fused-ring (bicyclic) bond motifs is 1. The first-order chi connectivity index (χ1) is 18.8. The molecule has 4 aromatic rings. The first-order valence-corrected chi connectivity index (χ1v) is 12.0. The molecule has 1 atom stereocenters. The number of benzene rings is 3. The van der Waals surface area contributed by atoms with E-state index in [1.807, 2.05) is 0 Å². The van der Waals surface area contributed by atoms with Crippen molar-refractivity contribution in [1.82, 2.24) is 10.3 Å². The third-order valence-electron chi connectivity index (χ3n) is 6.27. The summed E-state index contributed by atoms with van der Waals surface area (Å²) in [5.41, 5.74) is -0.774. The summed E-state index contributed by atoms with van der Waals surface area (Å²) in [5, 5.41) is 8.15. The van der Waals surface area contributed by atoms with E-state index in [0.717, 1.165) is 12.1 Å². The average Bonchev–Trinajstić information content (AvgIpc) is 3.37.